The molecule has 0 bridgehead atoms. The van der Waals surface area contributed by atoms with Crippen LogP contribution in [-0.2, 0) is 0 Å². The summed E-state index contributed by atoms with van der Waals surface area (Å²) in [6.07, 6.45) is 0. The van der Waals surface area contributed by atoms with Gasteiger partial charge in [-0.15, -0.1) is 0 Å². The molecule has 4 heteroatoms. The molecule has 4 heavy (non-hydrogen) atoms. The predicted molar refractivity (Wildman–Crippen MR) is 0 cm³/mol. The van der Waals surface area contributed by atoms with E-state index in [-0.39, 0.29) is 158 Å². The van der Waals surface area contributed by atoms with Crippen molar-refractivity contribution in [2.45, 2.75) is 0 Å². The molecule has 0 fully saturated rings. The molecule has 0 N–H and O–H groups in total. The molecule has 0 aromatic heterocycles. The van der Waals surface area contributed by atoms with Crippen molar-refractivity contribution in [2.24, 2.45) is 0 Å². The minimum atomic E-state index is 0. The van der Waals surface area contributed by atoms with Gasteiger partial charge in [-0.2, -0.15) is 0 Å². The zero-order chi connectivity index (χ0) is 0. The molecule has 0 aromatic rings. The van der Waals surface area contributed by atoms with Crippen molar-refractivity contribution >= 4 is 0 Å². The van der Waals surface area contributed by atoms with E-state index in [0.717, 1.165) is 0 Å². The SMILES string of the molecule is [Dy].[Gd].[Nd].[Tb]. The van der Waals surface area contributed by atoms with E-state index >= 15 is 0 Å². The Kier molecular flexibility index (Phi) is 89.9. The number of hydrogen-bond donors (Lipinski definition) is 0. The molecule has 0 aromatic carbocycles. The number of rotatable bonds is 0. The molecule has 0 rings (SSSR count). The molecule has 0 spiro atoms. The smallest absolute Gasteiger partial charge is 0 e. The molecule has 0 saturated heterocycles. The largest absolute Gasteiger partial charge is 0 e. The maximum absolute atomic E-state index is 0. The third-order valence-corrected chi connectivity index (χ3v) is 0. The van der Waals surface area contributed by atoms with Crippen LogP contribution in [0.25, 0.3) is 0 Å². The van der Waals surface area contributed by atoms with Gasteiger partial charge >= 0.3 is 0 Å². The Hall–Kier alpha value is 5.23. The Morgan fingerprint density at radius 3 is 1.00 bits per heavy atom. The molecule has 0 unspecified atom stereocenters. The van der Waals surface area contributed by atoms with Crippen LogP contribution in [0.1, 0.15) is 0 Å². The maximum Gasteiger partial charge on any atom is 0 e. The zero-order valence-electron chi connectivity index (χ0n) is 1.50. The second-order valence-electron chi connectivity index (χ2n) is 0. The third kappa shape index (κ3) is 10.3. The monoisotopic (exact) mass is 623 g/mol. The Bertz CT molecular complexity index is 8.00. The van der Waals surface area contributed by atoms with E-state index in [1.165, 1.54) is 0 Å². The molecule has 0 amide bonds. The summed E-state index contributed by atoms with van der Waals surface area (Å²) in [4.78, 5) is 0. The van der Waals surface area contributed by atoms with Crippen LogP contribution in [0.3, 0.4) is 0 Å². The summed E-state index contributed by atoms with van der Waals surface area (Å²) < 4.78 is 0. The fourth-order valence-corrected chi connectivity index (χ4v) is 0. The first-order chi connectivity index (χ1) is 0. The van der Waals surface area contributed by atoms with Gasteiger partial charge in [-0.25, -0.2) is 0 Å². The topological polar surface area (TPSA) is 0 Å². The first-order valence-electron chi connectivity index (χ1n) is 0. The van der Waals surface area contributed by atoms with Crippen molar-refractivity contribution in [2.75, 3.05) is 0 Å². The van der Waals surface area contributed by atoms with Gasteiger partial charge in [-0.05, 0) is 0 Å². The van der Waals surface area contributed by atoms with Crippen molar-refractivity contribution in [1.29, 1.82) is 0 Å². The molecular formula is DyGdNdTb. The quantitative estimate of drug-likeness (QED) is 0.357. The molecule has 0 saturated carbocycles. The fraction of sp³-hybridized carbons (Fsp3) is 0. The molecule has 0 atom stereocenters. The Morgan fingerprint density at radius 1 is 1.00 bits per heavy atom. The van der Waals surface area contributed by atoms with E-state index < -0.39 is 0 Å². The minimum absolute atomic E-state index is 0. The standard InChI is InChI=1S/Dy.Gd.Nd.Tb. The van der Waals surface area contributed by atoms with E-state index in [0.29, 0.717) is 0 Å². The summed E-state index contributed by atoms with van der Waals surface area (Å²) in [6, 6.07) is 0. The molecular weight excluding hydrogens is 623 g/mol. The van der Waals surface area contributed by atoms with Crippen LogP contribution in [0.5, 0.6) is 0 Å². The second kappa shape index (κ2) is 15.7. The zero-order valence-corrected chi connectivity index (χ0v) is 11.1. The molecule has 0 aliphatic carbocycles. The second-order valence-corrected chi connectivity index (χ2v) is 0. The summed E-state index contributed by atoms with van der Waals surface area (Å²) in [5.41, 5.74) is 0. The van der Waals surface area contributed by atoms with E-state index in [2.05, 4.69) is 0 Å². The van der Waals surface area contributed by atoms with Gasteiger partial charge in [0.2, 0.25) is 0 Å². The number of hydrogen-bond acceptors (Lipinski definition) is 0. The van der Waals surface area contributed by atoms with Crippen molar-refractivity contribution in [1.82, 2.24) is 0 Å². The summed E-state index contributed by atoms with van der Waals surface area (Å²) in [7, 11) is 0. The van der Waals surface area contributed by atoms with Crippen molar-refractivity contribution in [3.05, 3.63) is 0 Å². The first kappa shape index (κ1) is 22.9. The van der Waals surface area contributed by atoms with E-state index in [9.17, 15) is 0 Å². The Balaban J connectivity index is 0. The van der Waals surface area contributed by atoms with Crippen LogP contribution in [-0.4, -0.2) is 0 Å². The van der Waals surface area contributed by atoms with Gasteiger partial charge in [-0.1, -0.05) is 0 Å². The molecule has 0 aliphatic rings. The fourth-order valence-electron chi connectivity index (χ4n) is 0. The van der Waals surface area contributed by atoms with Crippen LogP contribution in [0.15, 0.2) is 0 Å². The Labute approximate surface area is 152 Å². The van der Waals surface area contributed by atoms with Crippen LogP contribution >= 0.6 is 0 Å². The summed E-state index contributed by atoms with van der Waals surface area (Å²) in [5, 5.41) is 0. The van der Waals surface area contributed by atoms with Crippen LogP contribution < -0.4 is 0 Å². The van der Waals surface area contributed by atoms with Crippen molar-refractivity contribution < 1.29 is 158 Å². The van der Waals surface area contributed by atoms with Crippen molar-refractivity contribution in [3.8, 4) is 0 Å². The van der Waals surface area contributed by atoms with E-state index in [1.807, 2.05) is 0 Å². The van der Waals surface area contributed by atoms with Gasteiger partial charge in [0.05, 0.1) is 0 Å². The molecule has 0 heterocycles. The van der Waals surface area contributed by atoms with Gasteiger partial charge in [-0.3, -0.25) is 0 Å². The van der Waals surface area contributed by atoms with Crippen molar-refractivity contribution in [3.63, 3.8) is 0 Å². The molecule has 0 nitrogen and oxygen atoms in total. The minimum Gasteiger partial charge on any atom is 0 e. The normalized spacial score (nSPS) is 0. The van der Waals surface area contributed by atoms with Gasteiger partial charge in [0.25, 0.3) is 0 Å². The van der Waals surface area contributed by atoms with Crippen LogP contribution in [0, 0.1) is 158 Å². The van der Waals surface area contributed by atoms with Crippen LogP contribution in [0.4, 0.5) is 0 Å². The third-order valence-electron chi connectivity index (χ3n) is 0. The molecule has 1 radical (unpaired) electrons. The summed E-state index contributed by atoms with van der Waals surface area (Å²) in [5.74, 6) is 0. The van der Waals surface area contributed by atoms with Gasteiger partial charge in [0.1, 0.15) is 0 Å². The maximum atomic E-state index is 0. The van der Waals surface area contributed by atoms with E-state index in [1.54, 1.807) is 0 Å². The predicted octanol–water partition coefficient (Wildman–Crippen LogP) is 0. The summed E-state index contributed by atoms with van der Waals surface area (Å²) >= 11 is 0. The van der Waals surface area contributed by atoms with Gasteiger partial charge < -0.3 is 0 Å². The summed E-state index contributed by atoms with van der Waals surface area (Å²) in [6.45, 7) is 0. The van der Waals surface area contributed by atoms with Gasteiger partial charge in [0.15, 0.2) is 0 Å². The average Bonchev–Trinajstić information content (AvgIpc) is 0. The average molecular weight is 623 g/mol. The molecule has 31 valence electrons. The Morgan fingerprint density at radius 2 is 1.00 bits per heavy atom. The van der Waals surface area contributed by atoms with E-state index in [4.69, 9.17) is 0 Å². The first-order valence-corrected chi connectivity index (χ1v) is 0. The van der Waals surface area contributed by atoms with Gasteiger partial charge in [0, 0.05) is 158 Å². The van der Waals surface area contributed by atoms with Crippen LogP contribution in [0.2, 0.25) is 0 Å². The molecule has 0 aliphatic heterocycles.